The highest BCUT2D eigenvalue weighted by molar-refractivity contribution is 6.00. The van der Waals surface area contributed by atoms with E-state index >= 15 is 0 Å². The first-order valence-electron chi connectivity index (χ1n) is 8.45. The van der Waals surface area contributed by atoms with Crippen LogP contribution >= 0.6 is 0 Å². The summed E-state index contributed by atoms with van der Waals surface area (Å²) in [5.74, 6) is 0.861. The summed E-state index contributed by atoms with van der Waals surface area (Å²) in [7, 11) is 4.59. The molecule has 1 aromatic carbocycles. The third-order valence-corrected chi connectivity index (χ3v) is 4.63. The number of rotatable bonds is 6. The molecule has 0 N–H and O–H groups in total. The molecule has 0 saturated heterocycles. The van der Waals surface area contributed by atoms with Crippen molar-refractivity contribution in [2.75, 3.05) is 21.3 Å². The van der Waals surface area contributed by atoms with E-state index in [9.17, 15) is 9.59 Å². The number of ether oxygens (including phenoxy) is 4. The van der Waals surface area contributed by atoms with Gasteiger partial charge in [-0.15, -0.1) is 0 Å². The summed E-state index contributed by atoms with van der Waals surface area (Å²) in [6.07, 6.45) is 3.35. The molecule has 138 valence electrons. The van der Waals surface area contributed by atoms with Crippen LogP contribution in [0.4, 0.5) is 0 Å². The molecule has 0 radical (unpaired) electrons. The van der Waals surface area contributed by atoms with Crippen molar-refractivity contribution in [3.05, 3.63) is 17.2 Å². The van der Waals surface area contributed by atoms with Crippen LogP contribution in [0.2, 0.25) is 0 Å². The van der Waals surface area contributed by atoms with Gasteiger partial charge in [0.25, 0.3) is 0 Å². The number of hydrogen-bond donors (Lipinski definition) is 0. The molecule has 2 atom stereocenters. The Balaban J connectivity index is 2.66. The lowest BCUT2D eigenvalue weighted by Crippen LogP contribution is -2.29. The van der Waals surface area contributed by atoms with E-state index in [1.165, 1.54) is 28.1 Å². The van der Waals surface area contributed by atoms with Gasteiger partial charge in [0, 0.05) is 24.5 Å². The highest BCUT2D eigenvalue weighted by Gasteiger charge is 2.36. The van der Waals surface area contributed by atoms with E-state index in [4.69, 9.17) is 18.9 Å². The van der Waals surface area contributed by atoms with Crippen molar-refractivity contribution in [2.24, 2.45) is 0 Å². The first-order valence-corrected chi connectivity index (χ1v) is 8.45. The molecule has 1 aliphatic carbocycles. The van der Waals surface area contributed by atoms with Crippen LogP contribution in [0.5, 0.6) is 17.2 Å². The topological polar surface area (TPSA) is 71.1 Å². The maximum absolute atomic E-state index is 12.2. The fourth-order valence-corrected chi connectivity index (χ4v) is 3.64. The Labute approximate surface area is 148 Å². The van der Waals surface area contributed by atoms with Crippen molar-refractivity contribution < 1.29 is 28.5 Å². The summed E-state index contributed by atoms with van der Waals surface area (Å²) in [5, 5.41) is 0. The van der Waals surface area contributed by atoms with E-state index in [1.807, 2.05) is 0 Å². The zero-order valence-electron chi connectivity index (χ0n) is 15.5. The zero-order chi connectivity index (χ0) is 18.6. The number of esters is 1. The number of methoxy groups -OCH3 is 3. The molecule has 6 heteroatoms. The van der Waals surface area contributed by atoms with Gasteiger partial charge in [-0.25, -0.2) is 0 Å². The highest BCUT2D eigenvalue weighted by atomic mass is 16.5. The maximum atomic E-state index is 12.2. The summed E-state index contributed by atoms with van der Waals surface area (Å²) in [5.41, 5.74) is 1.15. The van der Waals surface area contributed by atoms with E-state index in [1.54, 1.807) is 13.2 Å². The van der Waals surface area contributed by atoms with Gasteiger partial charge in [-0.1, -0.05) is 6.42 Å². The van der Waals surface area contributed by atoms with Gasteiger partial charge in [-0.3, -0.25) is 9.59 Å². The molecule has 2 unspecified atom stereocenters. The SMILES string of the molecule is COc1cc(OC)c(C2CCCCC2OC(C)=O)c(OC)c1C(C)=O. The Morgan fingerprint density at radius 3 is 2.12 bits per heavy atom. The van der Waals surface area contributed by atoms with Crippen molar-refractivity contribution in [1.82, 2.24) is 0 Å². The summed E-state index contributed by atoms with van der Waals surface area (Å²) in [4.78, 5) is 23.7. The standard InChI is InChI=1S/C19H26O6/c1-11(20)17-15(22-3)10-16(23-4)18(19(17)24-5)13-8-6-7-9-14(13)25-12(2)21/h10,13-14H,6-9H2,1-5H3. The Hall–Kier alpha value is -2.24. The normalized spacial score (nSPS) is 19.9. The Morgan fingerprint density at radius 1 is 0.960 bits per heavy atom. The van der Waals surface area contributed by atoms with Gasteiger partial charge in [-0.05, 0) is 26.2 Å². The van der Waals surface area contributed by atoms with Crippen molar-refractivity contribution in [3.63, 3.8) is 0 Å². The summed E-state index contributed by atoms with van der Waals surface area (Å²) < 4.78 is 22.1. The second-order valence-corrected chi connectivity index (χ2v) is 6.20. The van der Waals surface area contributed by atoms with Crippen LogP contribution in [0.3, 0.4) is 0 Å². The predicted octanol–water partition coefficient (Wildman–Crippen LogP) is 3.50. The van der Waals surface area contributed by atoms with Gasteiger partial charge < -0.3 is 18.9 Å². The molecule has 0 aliphatic heterocycles. The average molecular weight is 350 g/mol. The van der Waals surface area contributed by atoms with Gasteiger partial charge in [-0.2, -0.15) is 0 Å². The molecule has 0 bridgehead atoms. The van der Waals surface area contributed by atoms with Crippen LogP contribution in [-0.2, 0) is 9.53 Å². The molecule has 25 heavy (non-hydrogen) atoms. The lowest BCUT2D eigenvalue weighted by molar-refractivity contribution is -0.148. The fraction of sp³-hybridized carbons (Fsp3) is 0.579. The molecule has 1 aromatic rings. The number of ketones is 1. The number of carbonyl (C=O) groups is 2. The van der Waals surface area contributed by atoms with E-state index < -0.39 is 0 Å². The van der Waals surface area contributed by atoms with Crippen molar-refractivity contribution in [1.29, 1.82) is 0 Å². The van der Waals surface area contributed by atoms with E-state index in [0.717, 1.165) is 31.2 Å². The predicted molar refractivity (Wildman–Crippen MR) is 92.9 cm³/mol. The zero-order valence-corrected chi connectivity index (χ0v) is 15.5. The van der Waals surface area contributed by atoms with Gasteiger partial charge >= 0.3 is 5.97 Å². The van der Waals surface area contributed by atoms with Crippen LogP contribution in [0.25, 0.3) is 0 Å². The monoisotopic (exact) mass is 350 g/mol. The summed E-state index contributed by atoms with van der Waals surface area (Å²) >= 11 is 0. The fourth-order valence-electron chi connectivity index (χ4n) is 3.64. The van der Waals surface area contributed by atoms with Crippen LogP contribution in [-0.4, -0.2) is 39.2 Å². The second-order valence-electron chi connectivity index (χ2n) is 6.20. The molecule has 0 heterocycles. The molecular formula is C19H26O6. The van der Waals surface area contributed by atoms with Crippen molar-refractivity contribution >= 4 is 11.8 Å². The molecule has 2 rings (SSSR count). The smallest absolute Gasteiger partial charge is 0.302 e. The van der Waals surface area contributed by atoms with Crippen LogP contribution in [0.15, 0.2) is 6.07 Å². The first-order chi connectivity index (χ1) is 11.9. The maximum Gasteiger partial charge on any atom is 0.302 e. The van der Waals surface area contributed by atoms with Crippen LogP contribution in [0.1, 0.15) is 61.4 Å². The molecule has 1 aliphatic rings. The third kappa shape index (κ3) is 3.89. The molecule has 0 amide bonds. The first kappa shape index (κ1) is 19.1. The Morgan fingerprint density at radius 2 is 1.60 bits per heavy atom. The minimum absolute atomic E-state index is 0.0912. The number of hydrogen-bond acceptors (Lipinski definition) is 6. The molecule has 0 spiro atoms. The summed E-state index contributed by atoms with van der Waals surface area (Å²) in [6, 6.07) is 1.70. The lowest BCUT2D eigenvalue weighted by Gasteiger charge is -2.33. The second kappa shape index (κ2) is 8.23. The quantitative estimate of drug-likeness (QED) is 0.578. The minimum atomic E-state index is -0.310. The third-order valence-electron chi connectivity index (χ3n) is 4.63. The molecule has 0 aromatic heterocycles. The number of carbonyl (C=O) groups excluding carboxylic acids is 2. The van der Waals surface area contributed by atoms with Gasteiger partial charge in [0.2, 0.25) is 0 Å². The molecular weight excluding hydrogens is 324 g/mol. The molecule has 1 fully saturated rings. The Kier molecular flexibility index (Phi) is 6.28. The van der Waals surface area contributed by atoms with Gasteiger partial charge in [0.1, 0.15) is 28.9 Å². The number of benzene rings is 1. The van der Waals surface area contributed by atoms with Crippen molar-refractivity contribution in [3.8, 4) is 17.2 Å². The molecule has 1 saturated carbocycles. The average Bonchev–Trinajstić information content (AvgIpc) is 2.59. The van der Waals surface area contributed by atoms with Gasteiger partial charge in [0.15, 0.2) is 5.78 Å². The number of Topliss-reactive ketones (excluding diaryl/α,β-unsaturated/α-hetero) is 1. The summed E-state index contributed by atoms with van der Waals surface area (Å²) in [6.45, 7) is 2.89. The molecule has 6 nitrogen and oxygen atoms in total. The lowest BCUT2D eigenvalue weighted by atomic mass is 9.79. The minimum Gasteiger partial charge on any atom is -0.496 e. The largest absolute Gasteiger partial charge is 0.496 e. The van der Waals surface area contributed by atoms with Crippen LogP contribution in [0, 0.1) is 0 Å². The van der Waals surface area contributed by atoms with Crippen LogP contribution < -0.4 is 14.2 Å². The van der Waals surface area contributed by atoms with Gasteiger partial charge in [0.05, 0.1) is 21.3 Å². The van der Waals surface area contributed by atoms with E-state index in [-0.39, 0.29) is 23.8 Å². The highest BCUT2D eigenvalue weighted by Crippen LogP contribution is 2.48. The Bertz CT molecular complexity index is 652. The van der Waals surface area contributed by atoms with Crippen molar-refractivity contribution in [2.45, 2.75) is 51.6 Å². The van der Waals surface area contributed by atoms with E-state index in [2.05, 4.69) is 0 Å². The van der Waals surface area contributed by atoms with E-state index in [0.29, 0.717) is 22.8 Å².